The van der Waals surface area contributed by atoms with Crippen molar-refractivity contribution < 1.29 is 22.6 Å². The fourth-order valence-electron chi connectivity index (χ4n) is 2.12. The monoisotopic (exact) mass is 322 g/mol. The minimum Gasteiger partial charge on any atom is -0.496 e. The number of rotatable bonds is 4. The molecule has 1 aromatic heterocycles. The zero-order valence-corrected chi connectivity index (χ0v) is 12.8. The number of sulfonamides is 1. The van der Waals surface area contributed by atoms with Gasteiger partial charge in [-0.1, -0.05) is 0 Å². The molecule has 1 aromatic carbocycles. The first-order valence-electron chi connectivity index (χ1n) is 6.38. The number of anilines is 1. The van der Waals surface area contributed by atoms with E-state index in [0.29, 0.717) is 17.2 Å². The van der Waals surface area contributed by atoms with Gasteiger partial charge in [0, 0.05) is 23.4 Å². The first-order valence-corrected chi connectivity index (χ1v) is 8.27. The van der Waals surface area contributed by atoms with Gasteiger partial charge < -0.3 is 14.2 Å². The first kappa shape index (κ1) is 14.5. The van der Waals surface area contributed by atoms with Crippen LogP contribution in [0.2, 0.25) is 0 Å². The molecule has 0 spiro atoms. The van der Waals surface area contributed by atoms with Crippen LogP contribution in [-0.2, 0) is 10.0 Å². The van der Waals surface area contributed by atoms with Crippen LogP contribution < -0.4 is 18.9 Å². The number of ether oxygens (including phenoxy) is 3. The van der Waals surface area contributed by atoms with Gasteiger partial charge in [-0.15, -0.1) is 0 Å². The lowest BCUT2D eigenvalue weighted by atomic mass is 10.1. The molecule has 0 saturated heterocycles. The van der Waals surface area contributed by atoms with Crippen LogP contribution in [-0.4, -0.2) is 33.6 Å². The standard InChI is InChI=1S/C14H14N2O5S/c1-19-11-6-13-12(20-8-21-13)5-10(11)9-3-4-14(15-7-9)16-22(2,17)18/h3-7H,8H2,1-2H3,(H,15,16). The summed E-state index contributed by atoms with van der Waals surface area (Å²) in [5.74, 6) is 2.14. The molecule has 3 rings (SSSR count). The molecule has 2 heterocycles. The van der Waals surface area contributed by atoms with Crippen LogP contribution in [0.15, 0.2) is 30.5 Å². The van der Waals surface area contributed by atoms with Crippen LogP contribution in [0.3, 0.4) is 0 Å². The summed E-state index contributed by atoms with van der Waals surface area (Å²) < 4.78 is 40.7. The van der Waals surface area contributed by atoms with Gasteiger partial charge in [0.15, 0.2) is 11.5 Å². The van der Waals surface area contributed by atoms with Gasteiger partial charge in [0.2, 0.25) is 16.8 Å². The second-order valence-electron chi connectivity index (χ2n) is 4.71. The van der Waals surface area contributed by atoms with Crippen LogP contribution in [0.25, 0.3) is 11.1 Å². The fourth-order valence-corrected chi connectivity index (χ4v) is 2.62. The lowest BCUT2D eigenvalue weighted by Gasteiger charge is -2.10. The van der Waals surface area contributed by atoms with Crippen molar-refractivity contribution in [3.05, 3.63) is 30.5 Å². The maximum absolute atomic E-state index is 11.2. The molecule has 1 N–H and O–H groups in total. The number of hydrogen-bond acceptors (Lipinski definition) is 6. The quantitative estimate of drug-likeness (QED) is 0.924. The third-order valence-electron chi connectivity index (χ3n) is 3.06. The summed E-state index contributed by atoms with van der Waals surface area (Å²) in [6.07, 6.45) is 2.64. The van der Waals surface area contributed by atoms with E-state index in [-0.39, 0.29) is 12.6 Å². The summed E-state index contributed by atoms with van der Waals surface area (Å²) in [6, 6.07) is 6.89. The third kappa shape index (κ3) is 2.91. The second-order valence-corrected chi connectivity index (χ2v) is 6.46. The van der Waals surface area contributed by atoms with E-state index in [1.165, 1.54) is 0 Å². The van der Waals surface area contributed by atoms with Crippen LogP contribution in [0.1, 0.15) is 0 Å². The molecule has 0 saturated carbocycles. The van der Waals surface area contributed by atoms with Gasteiger partial charge in [-0.25, -0.2) is 13.4 Å². The number of fused-ring (bicyclic) bond motifs is 1. The van der Waals surface area contributed by atoms with Gasteiger partial charge in [0.05, 0.1) is 13.4 Å². The Hall–Kier alpha value is -2.48. The zero-order chi connectivity index (χ0) is 15.7. The molecular weight excluding hydrogens is 308 g/mol. The molecule has 7 nitrogen and oxygen atoms in total. The summed E-state index contributed by atoms with van der Waals surface area (Å²) in [5, 5.41) is 0. The van der Waals surface area contributed by atoms with Crippen molar-refractivity contribution in [1.29, 1.82) is 0 Å². The van der Waals surface area contributed by atoms with Crippen molar-refractivity contribution >= 4 is 15.8 Å². The van der Waals surface area contributed by atoms with Gasteiger partial charge in [0.1, 0.15) is 11.6 Å². The first-order chi connectivity index (χ1) is 10.5. The molecule has 0 fully saturated rings. The molecule has 1 aliphatic heterocycles. The van der Waals surface area contributed by atoms with Crippen molar-refractivity contribution in [3.63, 3.8) is 0 Å². The Morgan fingerprint density at radius 2 is 1.95 bits per heavy atom. The lowest BCUT2D eigenvalue weighted by molar-refractivity contribution is 0.174. The average molecular weight is 322 g/mol. The highest BCUT2D eigenvalue weighted by molar-refractivity contribution is 7.92. The molecule has 2 aromatic rings. The molecule has 0 radical (unpaired) electrons. The summed E-state index contributed by atoms with van der Waals surface area (Å²) in [7, 11) is -1.79. The Bertz CT molecular complexity index is 803. The Balaban J connectivity index is 1.97. The normalized spacial score (nSPS) is 13.0. The fraction of sp³-hybridized carbons (Fsp3) is 0.214. The Kier molecular flexibility index (Phi) is 3.53. The van der Waals surface area contributed by atoms with E-state index in [2.05, 4.69) is 9.71 Å². The van der Waals surface area contributed by atoms with Crippen LogP contribution >= 0.6 is 0 Å². The predicted octanol–water partition coefficient (Wildman–Crippen LogP) is 1.86. The third-order valence-corrected chi connectivity index (χ3v) is 3.64. The van der Waals surface area contributed by atoms with E-state index in [9.17, 15) is 8.42 Å². The van der Waals surface area contributed by atoms with Gasteiger partial charge in [-0.2, -0.15) is 0 Å². The van der Waals surface area contributed by atoms with Gasteiger partial charge in [0.25, 0.3) is 0 Å². The van der Waals surface area contributed by atoms with Crippen LogP contribution in [0.5, 0.6) is 17.2 Å². The summed E-state index contributed by atoms with van der Waals surface area (Å²) in [5.41, 5.74) is 1.55. The maximum Gasteiger partial charge on any atom is 0.231 e. The summed E-state index contributed by atoms with van der Waals surface area (Å²) in [6.45, 7) is 0.178. The van der Waals surface area contributed by atoms with Crippen molar-refractivity contribution in [2.45, 2.75) is 0 Å². The van der Waals surface area contributed by atoms with E-state index in [0.717, 1.165) is 17.4 Å². The van der Waals surface area contributed by atoms with E-state index in [1.807, 2.05) is 6.07 Å². The molecule has 0 aliphatic carbocycles. The number of nitrogens with one attached hydrogen (secondary N) is 1. The van der Waals surface area contributed by atoms with E-state index in [4.69, 9.17) is 14.2 Å². The Morgan fingerprint density at radius 3 is 2.55 bits per heavy atom. The van der Waals surface area contributed by atoms with E-state index in [1.54, 1.807) is 31.5 Å². The van der Waals surface area contributed by atoms with E-state index < -0.39 is 10.0 Å². The molecule has 0 amide bonds. The molecule has 0 atom stereocenters. The molecule has 116 valence electrons. The Morgan fingerprint density at radius 1 is 1.23 bits per heavy atom. The zero-order valence-electron chi connectivity index (χ0n) is 12.0. The number of benzene rings is 1. The highest BCUT2D eigenvalue weighted by atomic mass is 32.2. The van der Waals surface area contributed by atoms with Crippen LogP contribution in [0, 0.1) is 0 Å². The number of methoxy groups -OCH3 is 1. The topological polar surface area (TPSA) is 86.8 Å². The minimum absolute atomic E-state index is 0.178. The molecule has 22 heavy (non-hydrogen) atoms. The minimum atomic E-state index is -3.35. The second kappa shape index (κ2) is 5.38. The molecule has 1 aliphatic rings. The van der Waals surface area contributed by atoms with Crippen molar-refractivity contribution in [2.75, 3.05) is 24.9 Å². The van der Waals surface area contributed by atoms with Crippen molar-refractivity contribution in [1.82, 2.24) is 4.98 Å². The molecule has 0 unspecified atom stereocenters. The highest BCUT2D eigenvalue weighted by Crippen LogP contribution is 2.42. The predicted molar refractivity (Wildman–Crippen MR) is 80.8 cm³/mol. The van der Waals surface area contributed by atoms with Gasteiger partial charge in [-0.05, 0) is 18.2 Å². The smallest absolute Gasteiger partial charge is 0.231 e. The van der Waals surface area contributed by atoms with Crippen LogP contribution in [0.4, 0.5) is 5.82 Å². The van der Waals surface area contributed by atoms with Crippen molar-refractivity contribution in [2.24, 2.45) is 0 Å². The molecule has 0 bridgehead atoms. The Labute approximate surface area is 127 Å². The summed E-state index contributed by atoms with van der Waals surface area (Å²) in [4.78, 5) is 4.09. The number of aromatic nitrogens is 1. The summed E-state index contributed by atoms with van der Waals surface area (Å²) >= 11 is 0. The molecule has 8 heteroatoms. The van der Waals surface area contributed by atoms with Gasteiger partial charge in [-0.3, -0.25) is 4.72 Å². The average Bonchev–Trinajstić information content (AvgIpc) is 2.92. The molecular formula is C14H14N2O5S. The maximum atomic E-state index is 11.2. The number of pyridine rings is 1. The van der Waals surface area contributed by atoms with E-state index >= 15 is 0 Å². The largest absolute Gasteiger partial charge is 0.496 e. The number of hydrogen-bond donors (Lipinski definition) is 1. The van der Waals surface area contributed by atoms with Crippen molar-refractivity contribution in [3.8, 4) is 28.4 Å². The lowest BCUT2D eigenvalue weighted by Crippen LogP contribution is -2.10. The number of nitrogens with zero attached hydrogens (tertiary/aromatic N) is 1. The SMILES string of the molecule is COc1cc2c(cc1-c1ccc(NS(C)(=O)=O)nc1)OCO2. The highest BCUT2D eigenvalue weighted by Gasteiger charge is 2.19. The van der Waals surface area contributed by atoms with Gasteiger partial charge >= 0.3 is 0 Å².